The first-order valence-corrected chi connectivity index (χ1v) is 8.75. The predicted molar refractivity (Wildman–Crippen MR) is 90.1 cm³/mol. The van der Waals surface area contributed by atoms with Crippen molar-refractivity contribution in [1.29, 1.82) is 0 Å². The molecule has 24 heavy (non-hydrogen) atoms. The smallest absolute Gasteiger partial charge is 0.240 e. The third-order valence-electron chi connectivity index (χ3n) is 4.86. The van der Waals surface area contributed by atoms with Crippen LogP contribution in [0.2, 0.25) is 0 Å². The van der Waals surface area contributed by atoms with E-state index in [1.165, 1.54) is 11.1 Å². The minimum absolute atomic E-state index is 0.711. The Hall–Kier alpha value is -1.92. The highest BCUT2D eigenvalue weighted by molar-refractivity contribution is 5.39. The van der Waals surface area contributed by atoms with E-state index in [9.17, 15) is 0 Å². The summed E-state index contributed by atoms with van der Waals surface area (Å²) in [7, 11) is 0. The lowest BCUT2D eigenvalue weighted by Gasteiger charge is -2.33. The van der Waals surface area contributed by atoms with Gasteiger partial charge in [0.05, 0.1) is 13.2 Å². The molecule has 1 aromatic heterocycles. The van der Waals surface area contributed by atoms with Gasteiger partial charge in [-0.25, -0.2) is 0 Å². The molecule has 0 N–H and O–H groups in total. The molecule has 6 nitrogen and oxygen atoms in total. The molecule has 0 aliphatic carbocycles. The fourth-order valence-electron chi connectivity index (χ4n) is 3.45. The van der Waals surface area contributed by atoms with Crippen molar-refractivity contribution in [3.05, 3.63) is 41.0 Å². The molecular formula is C18H24N4O2. The molecule has 0 bridgehead atoms. The number of hydrogen-bond donors (Lipinski definition) is 0. The maximum absolute atomic E-state index is 5.58. The summed E-state index contributed by atoms with van der Waals surface area (Å²) < 4.78 is 10.8. The lowest BCUT2D eigenvalue weighted by atomic mass is 10.1. The topological polar surface area (TPSA) is 54.6 Å². The second-order valence-corrected chi connectivity index (χ2v) is 6.64. The van der Waals surface area contributed by atoms with Crippen molar-refractivity contribution in [2.75, 3.05) is 39.3 Å². The van der Waals surface area contributed by atoms with Gasteiger partial charge in [0.15, 0.2) is 5.82 Å². The number of aryl methyl sites for hydroxylation is 1. The van der Waals surface area contributed by atoms with E-state index in [1.54, 1.807) is 0 Å². The first kappa shape index (κ1) is 15.6. The van der Waals surface area contributed by atoms with Crippen molar-refractivity contribution in [2.24, 2.45) is 0 Å². The molecule has 2 aliphatic rings. The minimum atomic E-state index is 0.711. The molecule has 1 aromatic carbocycles. The molecule has 0 unspecified atom stereocenters. The second-order valence-electron chi connectivity index (χ2n) is 6.64. The fourth-order valence-corrected chi connectivity index (χ4v) is 3.45. The molecule has 2 aliphatic heterocycles. The maximum Gasteiger partial charge on any atom is 0.240 e. The van der Waals surface area contributed by atoms with Gasteiger partial charge in [-0.05, 0) is 30.5 Å². The number of benzene rings is 1. The van der Waals surface area contributed by atoms with Gasteiger partial charge < -0.3 is 14.2 Å². The summed E-state index contributed by atoms with van der Waals surface area (Å²) in [6, 6.07) is 6.65. The Morgan fingerprint density at radius 1 is 1.12 bits per heavy atom. The van der Waals surface area contributed by atoms with Crippen LogP contribution in [0, 0.1) is 6.92 Å². The Morgan fingerprint density at radius 2 is 1.96 bits per heavy atom. The lowest BCUT2D eigenvalue weighted by Crippen LogP contribution is -2.46. The van der Waals surface area contributed by atoms with Crippen LogP contribution in [0.25, 0.3) is 0 Å². The van der Waals surface area contributed by atoms with Crippen LogP contribution in [-0.4, -0.2) is 59.3 Å². The summed E-state index contributed by atoms with van der Waals surface area (Å²) in [5.41, 5.74) is 2.79. The SMILES string of the molecule is Cc1noc(CN2CCN(CCc3ccc4c(c3)CCO4)CC2)n1. The third-order valence-corrected chi connectivity index (χ3v) is 4.86. The Bertz CT molecular complexity index is 692. The van der Waals surface area contributed by atoms with Gasteiger partial charge >= 0.3 is 0 Å². The van der Waals surface area contributed by atoms with Crippen molar-refractivity contribution in [2.45, 2.75) is 26.3 Å². The summed E-state index contributed by atoms with van der Waals surface area (Å²) in [4.78, 5) is 9.21. The highest BCUT2D eigenvalue weighted by atomic mass is 16.5. The van der Waals surface area contributed by atoms with Gasteiger partial charge in [0.1, 0.15) is 5.75 Å². The predicted octanol–water partition coefficient (Wildman–Crippen LogP) is 1.67. The normalized spacial score (nSPS) is 18.5. The van der Waals surface area contributed by atoms with Crippen LogP contribution in [0.4, 0.5) is 0 Å². The molecule has 4 rings (SSSR count). The van der Waals surface area contributed by atoms with Crippen molar-refractivity contribution in [3.8, 4) is 5.75 Å². The number of hydrogen-bond acceptors (Lipinski definition) is 6. The summed E-state index contributed by atoms with van der Waals surface area (Å²) in [6.45, 7) is 8.88. The van der Waals surface area contributed by atoms with Gasteiger partial charge in [0.25, 0.3) is 0 Å². The van der Waals surface area contributed by atoms with Crippen LogP contribution < -0.4 is 4.74 Å². The number of nitrogens with zero attached hydrogens (tertiary/aromatic N) is 4. The molecule has 3 heterocycles. The van der Waals surface area contributed by atoms with Crippen LogP contribution in [0.15, 0.2) is 22.7 Å². The zero-order valence-electron chi connectivity index (χ0n) is 14.2. The molecule has 0 radical (unpaired) electrons. The Balaban J connectivity index is 1.23. The molecule has 6 heteroatoms. The van der Waals surface area contributed by atoms with E-state index in [4.69, 9.17) is 9.26 Å². The monoisotopic (exact) mass is 328 g/mol. The van der Waals surface area contributed by atoms with Crippen molar-refractivity contribution >= 4 is 0 Å². The summed E-state index contributed by atoms with van der Waals surface area (Å²) >= 11 is 0. The minimum Gasteiger partial charge on any atom is -0.493 e. The molecule has 128 valence electrons. The first-order valence-electron chi connectivity index (χ1n) is 8.75. The van der Waals surface area contributed by atoms with E-state index < -0.39 is 0 Å². The Kier molecular flexibility index (Phi) is 4.49. The maximum atomic E-state index is 5.58. The molecular weight excluding hydrogens is 304 g/mol. The molecule has 1 saturated heterocycles. The van der Waals surface area contributed by atoms with E-state index in [0.717, 1.165) is 70.4 Å². The Morgan fingerprint density at radius 3 is 2.75 bits per heavy atom. The van der Waals surface area contributed by atoms with Gasteiger partial charge in [0, 0.05) is 39.1 Å². The largest absolute Gasteiger partial charge is 0.493 e. The van der Waals surface area contributed by atoms with Gasteiger partial charge in [-0.2, -0.15) is 4.98 Å². The van der Waals surface area contributed by atoms with E-state index >= 15 is 0 Å². The highest BCUT2D eigenvalue weighted by Gasteiger charge is 2.19. The van der Waals surface area contributed by atoms with Gasteiger partial charge in [-0.3, -0.25) is 4.90 Å². The number of piperazine rings is 1. The molecule has 0 atom stereocenters. The van der Waals surface area contributed by atoms with Crippen molar-refractivity contribution in [1.82, 2.24) is 19.9 Å². The lowest BCUT2D eigenvalue weighted by molar-refractivity contribution is 0.118. The standard InChI is InChI=1S/C18H24N4O2/c1-14-19-18(24-20-14)13-22-9-7-21(8-10-22)6-4-15-2-3-17-16(12-15)5-11-23-17/h2-3,12H,4-11,13H2,1H3. The summed E-state index contributed by atoms with van der Waals surface area (Å²) in [6.07, 6.45) is 2.16. The number of aromatic nitrogens is 2. The van der Waals surface area contributed by atoms with E-state index in [0.29, 0.717) is 5.82 Å². The van der Waals surface area contributed by atoms with Crippen molar-refractivity contribution in [3.63, 3.8) is 0 Å². The average Bonchev–Trinajstić information content (AvgIpc) is 3.22. The Labute approximate surface area is 142 Å². The number of ether oxygens (including phenoxy) is 1. The number of rotatable bonds is 5. The number of fused-ring (bicyclic) bond motifs is 1. The van der Waals surface area contributed by atoms with Crippen LogP contribution in [0.3, 0.4) is 0 Å². The van der Waals surface area contributed by atoms with Crippen LogP contribution in [0.5, 0.6) is 5.75 Å². The third kappa shape index (κ3) is 3.60. The zero-order chi connectivity index (χ0) is 16.4. The second kappa shape index (κ2) is 6.91. The fraction of sp³-hybridized carbons (Fsp3) is 0.556. The van der Waals surface area contributed by atoms with Gasteiger partial charge in [0.2, 0.25) is 5.89 Å². The quantitative estimate of drug-likeness (QED) is 0.832. The molecule has 0 spiro atoms. The summed E-state index contributed by atoms with van der Waals surface area (Å²) in [5, 5.41) is 3.85. The van der Waals surface area contributed by atoms with Crippen LogP contribution >= 0.6 is 0 Å². The first-order chi connectivity index (χ1) is 11.8. The summed E-state index contributed by atoms with van der Waals surface area (Å²) in [5.74, 6) is 2.51. The molecule has 2 aromatic rings. The van der Waals surface area contributed by atoms with Crippen molar-refractivity contribution < 1.29 is 9.26 Å². The van der Waals surface area contributed by atoms with Crippen LogP contribution in [-0.2, 0) is 19.4 Å². The molecule has 0 amide bonds. The zero-order valence-corrected chi connectivity index (χ0v) is 14.2. The van der Waals surface area contributed by atoms with Gasteiger partial charge in [-0.1, -0.05) is 17.3 Å². The van der Waals surface area contributed by atoms with Crippen LogP contribution in [0.1, 0.15) is 22.8 Å². The average molecular weight is 328 g/mol. The van der Waals surface area contributed by atoms with E-state index in [2.05, 4.69) is 38.1 Å². The molecule has 0 saturated carbocycles. The highest BCUT2D eigenvalue weighted by Crippen LogP contribution is 2.26. The van der Waals surface area contributed by atoms with E-state index in [1.807, 2.05) is 6.92 Å². The molecule has 1 fully saturated rings. The van der Waals surface area contributed by atoms with E-state index in [-0.39, 0.29) is 0 Å². The van der Waals surface area contributed by atoms with Gasteiger partial charge in [-0.15, -0.1) is 0 Å².